The Balaban J connectivity index is 1.98. The summed E-state index contributed by atoms with van der Waals surface area (Å²) < 4.78 is 11.7. The van der Waals surface area contributed by atoms with E-state index in [0.29, 0.717) is 38.8 Å². The Morgan fingerprint density at radius 2 is 2.00 bits per heavy atom. The SMILES string of the molecule is C=CCOC(=O)[C@@H]1[C@@H]2CCC3(O2)C(C(=O)N(CC=C)C(C)(C)C)N(CCCCCO)C(=O)[C@H]13. The summed E-state index contributed by atoms with van der Waals surface area (Å²) in [5.74, 6) is -2.31. The first-order valence-corrected chi connectivity index (χ1v) is 11.9. The van der Waals surface area contributed by atoms with Crippen molar-refractivity contribution >= 4 is 17.8 Å². The van der Waals surface area contributed by atoms with Gasteiger partial charge in [-0.3, -0.25) is 14.4 Å². The number of amides is 2. The molecule has 184 valence electrons. The van der Waals surface area contributed by atoms with Gasteiger partial charge in [-0.2, -0.15) is 0 Å². The molecule has 0 aromatic rings. The molecule has 1 spiro atoms. The van der Waals surface area contributed by atoms with Crippen LogP contribution in [0.4, 0.5) is 0 Å². The van der Waals surface area contributed by atoms with Gasteiger partial charge < -0.3 is 24.4 Å². The van der Waals surface area contributed by atoms with E-state index in [1.165, 1.54) is 6.08 Å². The predicted molar refractivity (Wildman–Crippen MR) is 123 cm³/mol. The van der Waals surface area contributed by atoms with E-state index in [4.69, 9.17) is 14.6 Å². The first kappa shape index (κ1) is 25.4. The van der Waals surface area contributed by atoms with Gasteiger partial charge in [-0.1, -0.05) is 18.7 Å². The Bertz CT molecular complexity index is 790. The minimum atomic E-state index is -1.03. The second-order valence-electron chi connectivity index (χ2n) is 10.2. The summed E-state index contributed by atoms with van der Waals surface area (Å²) in [6.07, 6.45) is 5.94. The van der Waals surface area contributed by atoms with Crippen molar-refractivity contribution in [1.82, 2.24) is 9.80 Å². The number of hydrogen-bond acceptors (Lipinski definition) is 6. The maximum Gasteiger partial charge on any atom is 0.312 e. The average molecular weight is 463 g/mol. The molecule has 2 unspecified atom stereocenters. The van der Waals surface area contributed by atoms with Gasteiger partial charge in [0.1, 0.15) is 18.2 Å². The Labute approximate surface area is 196 Å². The van der Waals surface area contributed by atoms with Crippen LogP contribution >= 0.6 is 0 Å². The van der Waals surface area contributed by atoms with Crippen LogP contribution in [0.3, 0.4) is 0 Å². The van der Waals surface area contributed by atoms with Gasteiger partial charge in [-0.25, -0.2) is 0 Å². The molecular weight excluding hydrogens is 424 g/mol. The topological polar surface area (TPSA) is 96.4 Å². The third-order valence-corrected chi connectivity index (χ3v) is 7.09. The zero-order valence-electron chi connectivity index (χ0n) is 20.1. The molecule has 0 radical (unpaired) electrons. The van der Waals surface area contributed by atoms with E-state index >= 15 is 0 Å². The first-order chi connectivity index (χ1) is 15.6. The Morgan fingerprint density at radius 1 is 1.27 bits per heavy atom. The molecular formula is C25H38N2O6. The highest BCUT2D eigenvalue weighted by molar-refractivity contribution is 5.98. The molecule has 5 atom stereocenters. The van der Waals surface area contributed by atoms with Crippen LogP contribution in [0.5, 0.6) is 0 Å². The maximum atomic E-state index is 14.0. The third-order valence-electron chi connectivity index (χ3n) is 7.09. The number of aliphatic hydroxyl groups excluding tert-OH is 1. The van der Waals surface area contributed by atoms with Gasteiger partial charge in [0.25, 0.3) is 0 Å². The fourth-order valence-electron chi connectivity index (χ4n) is 5.72. The lowest BCUT2D eigenvalue weighted by atomic mass is 9.70. The summed E-state index contributed by atoms with van der Waals surface area (Å²) in [4.78, 5) is 44.0. The van der Waals surface area contributed by atoms with Crippen molar-refractivity contribution in [2.24, 2.45) is 11.8 Å². The van der Waals surface area contributed by atoms with E-state index in [1.807, 2.05) is 20.8 Å². The number of ether oxygens (including phenoxy) is 2. The third kappa shape index (κ3) is 4.47. The van der Waals surface area contributed by atoms with E-state index in [-0.39, 0.29) is 25.0 Å². The molecule has 0 aromatic carbocycles. The Hall–Kier alpha value is -2.19. The van der Waals surface area contributed by atoms with Crippen molar-refractivity contribution in [3.8, 4) is 0 Å². The molecule has 3 rings (SSSR count). The number of fused-ring (bicyclic) bond motifs is 1. The molecule has 8 nitrogen and oxygen atoms in total. The van der Waals surface area contributed by atoms with Gasteiger partial charge in [0.15, 0.2) is 0 Å². The lowest BCUT2D eigenvalue weighted by Gasteiger charge is -2.42. The second kappa shape index (κ2) is 9.97. The highest BCUT2D eigenvalue weighted by Crippen LogP contribution is 2.59. The summed E-state index contributed by atoms with van der Waals surface area (Å²) in [5, 5.41) is 9.13. The number of nitrogens with zero attached hydrogens (tertiary/aromatic N) is 2. The van der Waals surface area contributed by atoms with Crippen LogP contribution in [0.1, 0.15) is 52.9 Å². The number of aliphatic hydroxyl groups is 1. The Kier molecular flexibility index (Phi) is 7.69. The monoisotopic (exact) mass is 462 g/mol. The molecule has 0 aromatic heterocycles. The van der Waals surface area contributed by atoms with Crippen LogP contribution in [0, 0.1) is 11.8 Å². The minimum Gasteiger partial charge on any atom is -0.461 e. The van der Waals surface area contributed by atoms with Crippen molar-refractivity contribution in [1.29, 1.82) is 0 Å². The molecule has 0 aliphatic carbocycles. The van der Waals surface area contributed by atoms with Gasteiger partial charge in [0.05, 0.1) is 17.9 Å². The Morgan fingerprint density at radius 3 is 2.61 bits per heavy atom. The number of hydrogen-bond donors (Lipinski definition) is 1. The van der Waals surface area contributed by atoms with E-state index in [1.54, 1.807) is 15.9 Å². The molecule has 2 amide bonds. The largest absolute Gasteiger partial charge is 0.461 e. The van der Waals surface area contributed by atoms with Gasteiger partial charge >= 0.3 is 5.97 Å². The average Bonchev–Trinajstić information content (AvgIpc) is 3.39. The molecule has 0 saturated carbocycles. The van der Waals surface area contributed by atoms with Crippen LogP contribution in [-0.2, 0) is 23.9 Å². The van der Waals surface area contributed by atoms with Crippen molar-refractivity contribution < 1.29 is 29.0 Å². The number of carbonyl (C=O) groups excluding carboxylic acids is 3. The van der Waals surface area contributed by atoms with Crippen LogP contribution in [-0.4, -0.2) is 82.3 Å². The zero-order valence-corrected chi connectivity index (χ0v) is 20.1. The van der Waals surface area contributed by atoms with Gasteiger partial charge in [0.2, 0.25) is 11.8 Å². The normalized spacial score (nSPS) is 30.3. The fourth-order valence-corrected chi connectivity index (χ4v) is 5.72. The van der Waals surface area contributed by atoms with E-state index in [9.17, 15) is 14.4 Å². The molecule has 3 aliphatic heterocycles. The van der Waals surface area contributed by atoms with Gasteiger partial charge in [0, 0.05) is 25.2 Å². The number of unbranched alkanes of at least 4 members (excludes halogenated alkanes) is 2. The van der Waals surface area contributed by atoms with Crippen LogP contribution in [0.25, 0.3) is 0 Å². The summed E-state index contributed by atoms with van der Waals surface area (Å²) in [6.45, 7) is 14.1. The van der Waals surface area contributed by atoms with Crippen LogP contribution < -0.4 is 0 Å². The summed E-state index contributed by atoms with van der Waals surface area (Å²) in [7, 11) is 0. The quantitative estimate of drug-likeness (QED) is 0.287. The lowest BCUT2D eigenvalue weighted by molar-refractivity contribution is -0.155. The number of carbonyl (C=O) groups is 3. The molecule has 3 heterocycles. The summed E-state index contributed by atoms with van der Waals surface area (Å²) in [6, 6.07) is -0.800. The highest BCUT2D eigenvalue weighted by atomic mass is 16.6. The number of rotatable bonds is 11. The van der Waals surface area contributed by atoms with E-state index in [2.05, 4.69) is 13.2 Å². The van der Waals surface area contributed by atoms with Crippen LogP contribution in [0.2, 0.25) is 0 Å². The van der Waals surface area contributed by atoms with Gasteiger partial charge in [-0.15, -0.1) is 6.58 Å². The molecule has 3 fully saturated rings. The molecule has 8 heteroatoms. The molecule has 3 aliphatic rings. The van der Waals surface area contributed by atoms with Crippen molar-refractivity contribution in [2.75, 3.05) is 26.3 Å². The summed E-state index contributed by atoms with van der Waals surface area (Å²) >= 11 is 0. The zero-order chi connectivity index (χ0) is 24.4. The van der Waals surface area contributed by atoms with Crippen molar-refractivity contribution in [3.63, 3.8) is 0 Å². The van der Waals surface area contributed by atoms with Crippen molar-refractivity contribution in [2.45, 2.75) is 76.2 Å². The summed E-state index contributed by atoms with van der Waals surface area (Å²) in [5.41, 5.74) is -1.51. The smallest absolute Gasteiger partial charge is 0.312 e. The first-order valence-electron chi connectivity index (χ1n) is 11.9. The fraction of sp³-hybridized carbons (Fsp3) is 0.720. The second-order valence-corrected chi connectivity index (χ2v) is 10.2. The molecule has 33 heavy (non-hydrogen) atoms. The number of likely N-dealkylation sites (tertiary alicyclic amines) is 1. The number of esters is 1. The van der Waals surface area contributed by atoms with Gasteiger partial charge in [-0.05, 0) is 52.9 Å². The van der Waals surface area contributed by atoms with Crippen molar-refractivity contribution in [3.05, 3.63) is 25.3 Å². The lowest BCUT2D eigenvalue weighted by Crippen LogP contribution is -2.59. The molecule has 3 saturated heterocycles. The minimum absolute atomic E-state index is 0.0698. The standard InChI is InChI=1S/C25H38N2O6/c1-6-13-27(24(3,4)5)22(30)20-25-12-11-17(33-25)18(23(31)32-16-7-2)19(25)21(29)26(20)14-9-8-10-15-28/h6-7,17-20,28H,1-2,8-16H2,3-5H3/t17-,18+,19-,20?,25?/m0/s1. The van der Waals surface area contributed by atoms with E-state index < -0.39 is 41.1 Å². The maximum absolute atomic E-state index is 14.0. The predicted octanol–water partition coefficient (Wildman–Crippen LogP) is 2.07. The molecule has 1 N–H and O–H groups in total. The highest BCUT2D eigenvalue weighted by Gasteiger charge is 2.75. The van der Waals surface area contributed by atoms with E-state index in [0.717, 1.165) is 6.42 Å². The van der Waals surface area contributed by atoms with Crippen LogP contribution in [0.15, 0.2) is 25.3 Å². The molecule has 2 bridgehead atoms.